The van der Waals surface area contributed by atoms with Crippen LogP contribution >= 0.6 is 0 Å². The molecule has 0 heterocycles. The summed E-state index contributed by atoms with van der Waals surface area (Å²) in [6.45, 7) is 2.02. The van der Waals surface area contributed by atoms with E-state index in [1.165, 1.54) is 0 Å². The van der Waals surface area contributed by atoms with E-state index in [0.29, 0.717) is 23.4 Å². The van der Waals surface area contributed by atoms with Crippen LogP contribution < -0.4 is 20.9 Å². The number of amides is 3. The van der Waals surface area contributed by atoms with Gasteiger partial charge in [-0.2, -0.15) is 0 Å². The molecule has 7 heteroatoms. The Hall–Kier alpha value is -3.35. The second kappa shape index (κ2) is 10.7. The predicted octanol–water partition coefficient (Wildman–Crippen LogP) is 2.83. The molecule has 0 spiro atoms. The highest BCUT2D eigenvalue weighted by atomic mass is 16.5. The standard InChI is InChI=1S/C21H25N3O4/c1-3-4-5-19(25)22-17-10-8-16(9-11-17)21(27)24-23-20(26)14-15-6-12-18(28-2)13-7-15/h6-13H,3-5,14H2,1-2H3,(H,22,25)(H,23,26)(H,24,27). The van der Waals surface area contributed by atoms with Crippen molar-refractivity contribution in [1.82, 2.24) is 10.9 Å². The van der Waals surface area contributed by atoms with Crippen LogP contribution in [-0.2, 0) is 16.0 Å². The highest BCUT2D eigenvalue weighted by molar-refractivity contribution is 5.96. The van der Waals surface area contributed by atoms with Gasteiger partial charge in [0, 0.05) is 17.7 Å². The minimum atomic E-state index is -0.438. The molecule has 0 saturated heterocycles. The lowest BCUT2D eigenvalue weighted by Gasteiger charge is -2.09. The van der Waals surface area contributed by atoms with E-state index < -0.39 is 5.91 Å². The molecule has 28 heavy (non-hydrogen) atoms. The molecule has 2 rings (SSSR count). The lowest BCUT2D eigenvalue weighted by atomic mass is 10.1. The first kappa shape index (κ1) is 21.0. The van der Waals surface area contributed by atoms with Crippen molar-refractivity contribution in [2.24, 2.45) is 0 Å². The first-order valence-electron chi connectivity index (χ1n) is 9.14. The molecule has 0 radical (unpaired) electrons. The first-order chi connectivity index (χ1) is 13.5. The summed E-state index contributed by atoms with van der Waals surface area (Å²) in [5.74, 6) is -0.113. The van der Waals surface area contributed by atoms with Crippen LogP contribution in [0.5, 0.6) is 5.75 Å². The lowest BCUT2D eigenvalue weighted by Crippen LogP contribution is -2.42. The Kier molecular flexibility index (Phi) is 8.02. The van der Waals surface area contributed by atoms with Crippen molar-refractivity contribution in [3.8, 4) is 5.75 Å². The molecule has 3 amide bonds. The van der Waals surface area contributed by atoms with Gasteiger partial charge in [0.2, 0.25) is 11.8 Å². The monoisotopic (exact) mass is 383 g/mol. The van der Waals surface area contributed by atoms with Crippen molar-refractivity contribution in [2.45, 2.75) is 32.6 Å². The van der Waals surface area contributed by atoms with E-state index >= 15 is 0 Å². The average molecular weight is 383 g/mol. The largest absolute Gasteiger partial charge is 0.497 e. The van der Waals surface area contributed by atoms with Crippen LogP contribution in [0.1, 0.15) is 42.1 Å². The summed E-state index contributed by atoms with van der Waals surface area (Å²) < 4.78 is 5.07. The lowest BCUT2D eigenvalue weighted by molar-refractivity contribution is -0.121. The summed E-state index contributed by atoms with van der Waals surface area (Å²) in [5, 5.41) is 2.78. The van der Waals surface area contributed by atoms with Gasteiger partial charge in [-0.3, -0.25) is 25.2 Å². The number of carbonyl (C=O) groups excluding carboxylic acids is 3. The van der Waals surface area contributed by atoms with Gasteiger partial charge in [0.1, 0.15) is 5.75 Å². The summed E-state index contributed by atoms with van der Waals surface area (Å²) >= 11 is 0. The van der Waals surface area contributed by atoms with E-state index in [9.17, 15) is 14.4 Å². The third-order valence-electron chi connectivity index (χ3n) is 4.03. The van der Waals surface area contributed by atoms with Gasteiger partial charge in [-0.1, -0.05) is 25.5 Å². The number of benzene rings is 2. The number of nitrogens with one attached hydrogen (secondary N) is 3. The summed E-state index contributed by atoms with van der Waals surface area (Å²) in [5.41, 5.74) is 6.57. The number of unbranched alkanes of at least 4 members (excludes halogenated alkanes) is 1. The number of carbonyl (C=O) groups is 3. The van der Waals surface area contributed by atoms with Gasteiger partial charge in [-0.15, -0.1) is 0 Å². The first-order valence-corrected chi connectivity index (χ1v) is 9.14. The maximum absolute atomic E-state index is 12.1. The van der Waals surface area contributed by atoms with Gasteiger partial charge in [-0.05, 0) is 48.4 Å². The molecule has 0 aliphatic heterocycles. The Balaban J connectivity index is 1.80. The molecule has 0 aliphatic rings. The van der Waals surface area contributed by atoms with E-state index in [1.54, 1.807) is 55.6 Å². The fourth-order valence-electron chi connectivity index (χ4n) is 2.44. The van der Waals surface area contributed by atoms with Crippen LogP contribution in [0.4, 0.5) is 5.69 Å². The van der Waals surface area contributed by atoms with Gasteiger partial charge in [0.25, 0.3) is 5.91 Å². The molecule has 3 N–H and O–H groups in total. The van der Waals surface area contributed by atoms with Crippen LogP contribution in [0.2, 0.25) is 0 Å². The van der Waals surface area contributed by atoms with Crippen molar-refractivity contribution in [2.75, 3.05) is 12.4 Å². The maximum atomic E-state index is 12.1. The number of hydrogen-bond acceptors (Lipinski definition) is 4. The molecule has 0 bridgehead atoms. The van der Waals surface area contributed by atoms with Crippen LogP contribution in [0.3, 0.4) is 0 Å². The van der Waals surface area contributed by atoms with E-state index in [2.05, 4.69) is 16.2 Å². The molecular formula is C21H25N3O4. The average Bonchev–Trinajstić information content (AvgIpc) is 2.71. The third kappa shape index (κ3) is 6.75. The summed E-state index contributed by atoms with van der Waals surface area (Å²) in [4.78, 5) is 35.8. The third-order valence-corrected chi connectivity index (χ3v) is 4.03. The SMILES string of the molecule is CCCCC(=O)Nc1ccc(C(=O)NNC(=O)Cc2ccc(OC)cc2)cc1. The number of rotatable bonds is 8. The van der Waals surface area contributed by atoms with Crippen molar-refractivity contribution < 1.29 is 19.1 Å². The molecule has 0 aromatic heterocycles. The molecule has 0 aliphatic carbocycles. The molecule has 0 atom stereocenters. The quantitative estimate of drug-likeness (QED) is 0.611. The van der Waals surface area contributed by atoms with E-state index in [4.69, 9.17) is 4.74 Å². The smallest absolute Gasteiger partial charge is 0.269 e. The molecule has 0 fully saturated rings. The summed E-state index contributed by atoms with van der Waals surface area (Å²) in [6, 6.07) is 13.6. The van der Waals surface area contributed by atoms with Gasteiger partial charge in [-0.25, -0.2) is 0 Å². The number of anilines is 1. The zero-order valence-corrected chi connectivity index (χ0v) is 16.1. The fourth-order valence-corrected chi connectivity index (χ4v) is 2.44. The number of methoxy groups -OCH3 is 1. The van der Waals surface area contributed by atoms with Crippen molar-refractivity contribution in [3.63, 3.8) is 0 Å². The predicted molar refractivity (Wildman–Crippen MR) is 107 cm³/mol. The number of hydrazine groups is 1. The second-order valence-electron chi connectivity index (χ2n) is 6.26. The summed E-state index contributed by atoms with van der Waals surface area (Å²) in [6.07, 6.45) is 2.39. The Morgan fingerprint density at radius 2 is 1.57 bits per heavy atom. The van der Waals surface area contributed by atoms with Crippen molar-refractivity contribution in [3.05, 3.63) is 59.7 Å². The number of hydrogen-bond donors (Lipinski definition) is 3. The van der Waals surface area contributed by atoms with Gasteiger partial charge in [0.05, 0.1) is 13.5 Å². The second-order valence-corrected chi connectivity index (χ2v) is 6.26. The van der Waals surface area contributed by atoms with Crippen molar-refractivity contribution >= 4 is 23.4 Å². The van der Waals surface area contributed by atoms with Crippen LogP contribution in [0.15, 0.2) is 48.5 Å². The fraction of sp³-hybridized carbons (Fsp3) is 0.286. The minimum Gasteiger partial charge on any atom is -0.497 e. The van der Waals surface area contributed by atoms with Crippen LogP contribution in [-0.4, -0.2) is 24.8 Å². The molecule has 0 saturated carbocycles. The topological polar surface area (TPSA) is 96.5 Å². The normalized spacial score (nSPS) is 10.1. The highest BCUT2D eigenvalue weighted by Crippen LogP contribution is 2.12. The molecule has 148 valence electrons. The van der Waals surface area contributed by atoms with E-state index in [1.807, 2.05) is 6.92 Å². The zero-order valence-electron chi connectivity index (χ0n) is 16.1. The van der Waals surface area contributed by atoms with Crippen LogP contribution in [0.25, 0.3) is 0 Å². The van der Waals surface area contributed by atoms with Gasteiger partial charge < -0.3 is 10.1 Å². The maximum Gasteiger partial charge on any atom is 0.269 e. The molecule has 2 aromatic rings. The molecule has 7 nitrogen and oxygen atoms in total. The molecule has 0 unspecified atom stereocenters. The minimum absolute atomic E-state index is 0.0511. The van der Waals surface area contributed by atoms with Crippen LogP contribution in [0, 0.1) is 0 Å². The highest BCUT2D eigenvalue weighted by Gasteiger charge is 2.09. The molecule has 2 aromatic carbocycles. The van der Waals surface area contributed by atoms with Gasteiger partial charge >= 0.3 is 0 Å². The number of ether oxygens (including phenoxy) is 1. The Labute approximate surface area is 164 Å². The Morgan fingerprint density at radius 1 is 0.893 bits per heavy atom. The zero-order chi connectivity index (χ0) is 20.4. The Bertz CT molecular complexity index is 801. The van der Waals surface area contributed by atoms with E-state index in [0.717, 1.165) is 18.4 Å². The molecular weight excluding hydrogens is 358 g/mol. The van der Waals surface area contributed by atoms with Gasteiger partial charge in [0.15, 0.2) is 0 Å². The van der Waals surface area contributed by atoms with Crippen molar-refractivity contribution in [1.29, 1.82) is 0 Å². The van der Waals surface area contributed by atoms with E-state index in [-0.39, 0.29) is 18.2 Å². The summed E-state index contributed by atoms with van der Waals surface area (Å²) in [7, 11) is 1.57. The Morgan fingerprint density at radius 3 is 2.18 bits per heavy atom.